The predicted molar refractivity (Wildman–Crippen MR) is 75.3 cm³/mol. The van der Waals surface area contributed by atoms with Crippen LogP contribution in [0, 0.1) is 17.1 Å². The number of benzene rings is 1. The largest absolute Gasteiger partial charge is 0.384 e. The van der Waals surface area contributed by atoms with Gasteiger partial charge in [-0.05, 0) is 34.0 Å². The number of nitrogen functional groups attached to an aromatic ring is 1. The number of nitrogens with one attached hydrogen (secondary N) is 1. The first-order valence-corrected chi connectivity index (χ1v) is 7.01. The number of thioether (sulfide) groups is 1. The number of nitrogens with two attached hydrogens (primary N) is 1. The van der Waals surface area contributed by atoms with Crippen molar-refractivity contribution in [2.24, 2.45) is 11.7 Å². The van der Waals surface area contributed by atoms with Gasteiger partial charge in [-0.25, -0.2) is 4.39 Å². The fourth-order valence-corrected chi connectivity index (χ4v) is 2.88. The Morgan fingerprint density at radius 3 is 2.47 bits per heavy atom. The highest BCUT2D eigenvalue weighted by Gasteiger charge is 2.16. The van der Waals surface area contributed by atoms with Gasteiger partial charge in [-0.3, -0.25) is 5.41 Å². The van der Waals surface area contributed by atoms with Gasteiger partial charge in [0.05, 0.1) is 4.47 Å². The Hall–Kier alpha value is -0.550. The smallest absolute Gasteiger partial charge is 0.151 e. The zero-order chi connectivity index (χ0) is 13.2. The summed E-state index contributed by atoms with van der Waals surface area (Å²) < 4.78 is 14.3. The highest BCUT2D eigenvalue weighted by molar-refractivity contribution is 9.10. The molecule has 1 rings (SSSR count). The van der Waals surface area contributed by atoms with E-state index in [2.05, 4.69) is 36.7 Å². The SMILES string of the molecule is CC(C)C(C)Sc1ccc(C(=N)N)c(Br)c1F. The van der Waals surface area contributed by atoms with Crippen LogP contribution in [0.5, 0.6) is 0 Å². The van der Waals surface area contributed by atoms with E-state index in [1.165, 1.54) is 11.8 Å². The average molecular weight is 319 g/mol. The summed E-state index contributed by atoms with van der Waals surface area (Å²) in [7, 11) is 0. The van der Waals surface area contributed by atoms with Crippen molar-refractivity contribution in [2.45, 2.75) is 30.9 Å². The van der Waals surface area contributed by atoms with Gasteiger partial charge in [-0.15, -0.1) is 11.8 Å². The maximum atomic E-state index is 14.0. The van der Waals surface area contributed by atoms with Crippen LogP contribution >= 0.6 is 27.7 Å². The maximum Gasteiger partial charge on any atom is 0.151 e. The van der Waals surface area contributed by atoms with Crippen LogP contribution in [0.1, 0.15) is 26.3 Å². The first kappa shape index (κ1) is 14.5. The van der Waals surface area contributed by atoms with Crippen molar-refractivity contribution >= 4 is 33.5 Å². The van der Waals surface area contributed by atoms with Gasteiger partial charge in [0.15, 0.2) is 5.82 Å². The molecule has 17 heavy (non-hydrogen) atoms. The lowest BCUT2D eigenvalue weighted by Crippen LogP contribution is -2.13. The van der Waals surface area contributed by atoms with Crippen LogP contribution in [-0.2, 0) is 0 Å². The Balaban J connectivity index is 3.05. The van der Waals surface area contributed by atoms with Crippen LogP contribution in [0.4, 0.5) is 4.39 Å². The van der Waals surface area contributed by atoms with Gasteiger partial charge in [0.2, 0.25) is 0 Å². The molecule has 0 aliphatic carbocycles. The van der Waals surface area contributed by atoms with Crippen molar-refractivity contribution in [2.75, 3.05) is 0 Å². The molecule has 2 nitrogen and oxygen atoms in total. The first-order valence-electron chi connectivity index (χ1n) is 5.33. The van der Waals surface area contributed by atoms with Crippen LogP contribution in [0.2, 0.25) is 0 Å². The fourth-order valence-electron chi connectivity index (χ4n) is 1.17. The van der Waals surface area contributed by atoms with E-state index in [4.69, 9.17) is 11.1 Å². The summed E-state index contributed by atoms with van der Waals surface area (Å²) in [5.41, 5.74) is 5.76. The van der Waals surface area contributed by atoms with E-state index < -0.39 is 0 Å². The molecule has 1 atom stereocenters. The van der Waals surface area contributed by atoms with E-state index in [1.807, 2.05) is 0 Å². The van der Waals surface area contributed by atoms with Crippen LogP contribution in [0.25, 0.3) is 0 Å². The molecule has 0 radical (unpaired) electrons. The highest BCUT2D eigenvalue weighted by Crippen LogP contribution is 2.34. The quantitative estimate of drug-likeness (QED) is 0.500. The zero-order valence-corrected chi connectivity index (χ0v) is 12.5. The minimum atomic E-state index is -0.338. The van der Waals surface area contributed by atoms with E-state index in [-0.39, 0.29) is 16.1 Å². The molecule has 1 aromatic carbocycles. The monoisotopic (exact) mass is 318 g/mol. The van der Waals surface area contributed by atoms with Crippen LogP contribution in [0.15, 0.2) is 21.5 Å². The molecule has 0 amide bonds. The van der Waals surface area contributed by atoms with Crippen molar-refractivity contribution in [1.82, 2.24) is 0 Å². The minimum absolute atomic E-state index is 0.135. The molecule has 1 aromatic rings. The van der Waals surface area contributed by atoms with Gasteiger partial charge in [0.25, 0.3) is 0 Å². The third-order valence-corrected chi connectivity index (χ3v) is 4.85. The maximum absolute atomic E-state index is 14.0. The highest BCUT2D eigenvalue weighted by atomic mass is 79.9. The molecule has 0 aliphatic heterocycles. The van der Waals surface area contributed by atoms with Crippen molar-refractivity contribution in [3.8, 4) is 0 Å². The molecule has 0 aromatic heterocycles. The van der Waals surface area contributed by atoms with E-state index in [0.717, 1.165) is 0 Å². The third-order valence-electron chi connectivity index (χ3n) is 2.59. The summed E-state index contributed by atoms with van der Waals surface area (Å²) in [5, 5.41) is 7.66. The lowest BCUT2D eigenvalue weighted by molar-refractivity contribution is 0.591. The average Bonchev–Trinajstić information content (AvgIpc) is 2.24. The molecule has 0 saturated heterocycles. The summed E-state index contributed by atoms with van der Waals surface area (Å²) in [6.45, 7) is 6.28. The van der Waals surface area contributed by atoms with Gasteiger partial charge in [-0.1, -0.05) is 20.8 Å². The Bertz CT molecular complexity index is 435. The predicted octanol–water partition coefficient (Wildman–Crippen LogP) is 4.01. The first-order chi connectivity index (χ1) is 7.84. The second kappa shape index (κ2) is 5.87. The number of hydrogen-bond donors (Lipinski definition) is 2. The summed E-state index contributed by atoms with van der Waals surface area (Å²) in [4.78, 5) is 0.586. The number of halogens is 2. The van der Waals surface area contributed by atoms with Gasteiger partial charge in [-0.2, -0.15) is 0 Å². The second-order valence-corrected chi connectivity index (χ2v) is 6.43. The second-order valence-electron chi connectivity index (χ2n) is 4.22. The Morgan fingerprint density at radius 1 is 1.41 bits per heavy atom. The van der Waals surface area contributed by atoms with Gasteiger partial charge < -0.3 is 5.73 Å². The molecule has 1 unspecified atom stereocenters. The molecule has 0 heterocycles. The Morgan fingerprint density at radius 2 is 2.00 bits per heavy atom. The molecule has 0 aliphatic rings. The Labute approximate surface area is 114 Å². The van der Waals surface area contributed by atoms with Crippen LogP contribution in [-0.4, -0.2) is 11.1 Å². The van der Waals surface area contributed by atoms with Crippen molar-refractivity contribution in [1.29, 1.82) is 5.41 Å². The molecule has 0 spiro atoms. The van der Waals surface area contributed by atoms with E-state index in [0.29, 0.717) is 21.6 Å². The van der Waals surface area contributed by atoms with Crippen LogP contribution in [0.3, 0.4) is 0 Å². The molecular formula is C12H16BrFN2S. The van der Waals surface area contributed by atoms with E-state index in [1.54, 1.807) is 12.1 Å². The minimum Gasteiger partial charge on any atom is -0.384 e. The number of rotatable bonds is 4. The number of amidine groups is 1. The molecule has 0 saturated carbocycles. The fraction of sp³-hybridized carbons (Fsp3) is 0.417. The molecular weight excluding hydrogens is 303 g/mol. The summed E-state index contributed by atoms with van der Waals surface area (Å²) >= 11 is 4.65. The van der Waals surface area contributed by atoms with Gasteiger partial charge >= 0.3 is 0 Å². The van der Waals surface area contributed by atoms with Gasteiger partial charge in [0, 0.05) is 15.7 Å². The van der Waals surface area contributed by atoms with E-state index >= 15 is 0 Å². The summed E-state index contributed by atoms with van der Waals surface area (Å²) in [6.07, 6.45) is 0. The molecule has 94 valence electrons. The van der Waals surface area contributed by atoms with Crippen molar-refractivity contribution < 1.29 is 4.39 Å². The van der Waals surface area contributed by atoms with Crippen molar-refractivity contribution in [3.63, 3.8) is 0 Å². The standard InChI is InChI=1S/C12H16BrFN2S/c1-6(2)7(3)17-9-5-4-8(12(15)16)10(13)11(9)14/h4-7H,1-3H3,(H3,15,16). The van der Waals surface area contributed by atoms with E-state index in [9.17, 15) is 4.39 Å². The summed E-state index contributed by atoms with van der Waals surface area (Å²) in [5.74, 6) is 0.00471. The molecule has 3 N–H and O–H groups in total. The normalized spacial score (nSPS) is 12.8. The molecule has 5 heteroatoms. The zero-order valence-electron chi connectivity index (χ0n) is 10.1. The van der Waals surface area contributed by atoms with Crippen LogP contribution < -0.4 is 5.73 Å². The third kappa shape index (κ3) is 3.45. The lowest BCUT2D eigenvalue weighted by Gasteiger charge is -2.16. The Kier molecular flexibility index (Phi) is 5.01. The lowest BCUT2D eigenvalue weighted by atomic mass is 10.2. The topological polar surface area (TPSA) is 49.9 Å². The number of hydrogen-bond acceptors (Lipinski definition) is 2. The van der Waals surface area contributed by atoms with Gasteiger partial charge in [0.1, 0.15) is 5.84 Å². The molecule has 0 fully saturated rings. The summed E-state index contributed by atoms with van der Waals surface area (Å²) in [6, 6.07) is 3.35. The molecule has 0 bridgehead atoms. The van der Waals surface area contributed by atoms with Crippen molar-refractivity contribution in [3.05, 3.63) is 28.0 Å².